The Kier molecular flexibility index (Phi) is 4.67. The average molecular weight is 505 g/mol. The second-order valence-corrected chi connectivity index (χ2v) is 10.8. The molecule has 4 aliphatic carbocycles. The fraction of sp³-hybridized carbons (Fsp3) is 0.370. The molecule has 2 bridgehead atoms. The van der Waals surface area contributed by atoms with E-state index in [2.05, 4.69) is 28.1 Å². The van der Waals surface area contributed by atoms with Crippen molar-refractivity contribution in [2.24, 2.45) is 35.5 Å². The number of halogens is 1. The van der Waals surface area contributed by atoms with Gasteiger partial charge in [0.15, 0.2) is 0 Å². The van der Waals surface area contributed by atoms with E-state index in [1.165, 1.54) is 4.90 Å². The number of likely N-dealkylation sites (tertiary alicyclic amines) is 1. The molecule has 6 heteroatoms. The molecule has 1 heterocycles. The van der Waals surface area contributed by atoms with Crippen molar-refractivity contribution in [2.75, 3.05) is 11.6 Å². The summed E-state index contributed by atoms with van der Waals surface area (Å²) < 4.78 is 0.883. The molecule has 0 radical (unpaired) electrons. The number of nitrogens with zero attached hydrogens (tertiary/aromatic N) is 2. The van der Waals surface area contributed by atoms with Gasteiger partial charge in [-0.1, -0.05) is 46.3 Å². The molecule has 1 aliphatic heterocycles. The van der Waals surface area contributed by atoms with E-state index in [1.807, 2.05) is 44.2 Å². The van der Waals surface area contributed by atoms with Crippen molar-refractivity contribution in [1.29, 1.82) is 0 Å². The monoisotopic (exact) mass is 504 g/mol. The predicted octanol–water partition coefficient (Wildman–Crippen LogP) is 4.72. The number of carbonyl (C=O) groups is 3. The third kappa shape index (κ3) is 3.07. The number of para-hydroxylation sites is 1. The van der Waals surface area contributed by atoms with Gasteiger partial charge >= 0.3 is 0 Å². The van der Waals surface area contributed by atoms with Gasteiger partial charge in [0, 0.05) is 10.0 Å². The van der Waals surface area contributed by atoms with Gasteiger partial charge in [-0.25, -0.2) is 0 Å². The number of aryl methyl sites for hydroxylation is 2. The molecule has 168 valence electrons. The standard InChI is InChI=1S/C27H25BrN2O3/c1-14-4-3-5-15(2)24(14)29(25(31)16-6-8-17(28)9-7-16)13-30-26(32)22-18-10-11-19(21-12-20(18)21)23(22)27(30)33/h3-11,18-23H,12-13H2,1-2H3. The van der Waals surface area contributed by atoms with Crippen LogP contribution in [0.1, 0.15) is 27.9 Å². The van der Waals surface area contributed by atoms with Crippen molar-refractivity contribution < 1.29 is 14.4 Å². The molecular weight excluding hydrogens is 480 g/mol. The van der Waals surface area contributed by atoms with Gasteiger partial charge in [0.1, 0.15) is 6.67 Å². The zero-order chi connectivity index (χ0) is 23.0. The summed E-state index contributed by atoms with van der Waals surface area (Å²) in [5, 5.41) is 0. The van der Waals surface area contributed by atoms with E-state index < -0.39 is 0 Å². The molecule has 0 aromatic heterocycles. The van der Waals surface area contributed by atoms with Crippen LogP contribution in [0.5, 0.6) is 0 Å². The second-order valence-electron chi connectivity index (χ2n) is 9.88. The van der Waals surface area contributed by atoms with Gasteiger partial charge in [0.05, 0.1) is 17.5 Å². The van der Waals surface area contributed by atoms with Gasteiger partial charge in [-0.3, -0.25) is 24.2 Å². The van der Waals surface area contributed by atoms with Crippen molar-refractivity contribution in [3.63, 3.8) is 0 Å². The zero-order valence-corrected chi connectivity index (χ0v) is 20.2. The topological polar surface area (TPSA) is 57.7 Å². The molecule has 0 spiro atoms. The van der Waals surface area contributed by atoms with Crippen molar-refractivity contribution in [3.05, 3.63) is 75.8 Å². The second kappa shape index (κ2) is 7.39. The van der Waals surface area contributed by atoms with Crippen LogP contribution in [0.3, 0.4) is 0 Å². The molecule has 3 fully saturated rings. The van der Waals surface area contributed by atoms with Crippen LogP contribution in [-0.4, -0.2) is 29.3 Å². The van der Waals surface area contributed by atoms with E-state index in [0.717, 1.165) is 27.7 Å². The summed E-state index contributed by atoms with van der Waals surface area (Å²) in [6.07, 6.45) is 5.47. The van der Waals surface area contributed by atoms with Gasteiger partial charge in [-0.05, 0) is 79.3 Å². The van der Waals surface area contributed by atoms with E-state index in [0.29, 0.717) is 17.4 Å². The summed E-state index contributed by atoms with van der Waals surface area (Å²) in [5.41, 5.74) is 3.13. The number of hydrogen-bond acceptors (Lipinski definition) is 3. The van der Waals surface area contributed by atoms with E-state index in [-0.39, 0.29) is 48.1 Å². The molecule has 3 amide bonds. The Labute approximate surface area is 201 Å². The summed E-state index contributed by atoms with van der Waals surface area (Å²) >= 11 is 3.42. The quantitative estimate of drug-likeness (QED) is 0.446. The lowest BCUT2D eigenvalue weighted by molar-refractivity contribution is -0.140. The zero-order valence-electron chi connectivity index (χ0n) is 18.6. The van der Waals surface area contributed by atoms with Gasteiger partial charge < -0.3 is 0 Å². The minimum Gasteiger partial charge on any atom is -0.289 e. The highest BCUT2D eigenvalue weighted by Crippen LogP contribution is 2.65. The first-order chi connectivity index (χ1) is 15.9. The fourth-order valence-corrected chi connectivity index (χ4v) is 6.78. The molecule has 33 heavy (non-hydrogen) atoms. The van der Waals surface area contributed by atoms with Crippen molar-refractivity contribution in [2.45, 2.75) is 20.3 Å². The van der Waals surface area contributed by atoms with E-state index >= 15 is 0 Å². The van der Waals surface area contributed by atoms with Gasteiger partial charge in [0.2, 0.25) is 11.8 Å². The Balaban J connectivity index is 1.38. The van der Waals surface area contributed by atoms with Crippen LogP contribution in [0.15, 0.2) is 59.1 Å². The molecule has 2 aromatic carbocycles. The van der Waals surface area contributed by atoms with Crippen LogP contribution in [-0.2, 0) is 9.59 Å². The van der Waals surface area contributed by atoms with Gasteiger partial charge in [-0.2, -0.15) is 0 Å². The van der Waals surface area contributed by atoms with Crippen LogP contribution >= 0.6 is 15.9 Å². The largest absolute Gasteiger partial charge is 0.289 e. The molecule has 7 rings (SSSR count). The van der Waals surface area contributed by atoms with Crippen LogP contribution in [0.2, 0.25) is 0 Å². The number of allylic oxidation sites excluding steroid dienone is 2. The smallest absolute Gasteiger partial charge is 0.259 e. The number of benzene rings is 2. The molecule has 6 unspecified atom stereocenters. The Hall–Kier alpha value is -2.73. The van der Waals surface area contributed by atoms with Crippen molar-refractivity contribution in [1.82, 2.24) is 4.90 Å². The van der Waals surface area contributed by atoms with Crippen LogP contribution in [0.25, 0.3) is 0 Å². The number of imide groups is 1. The molecule has 1 saturated heterocycles. The van der Waals surface area contributed by atoms with Crippen molar-refractivity contribution >= 4 is 39.3 Å². The van der Waals surface area contributed by atoms with E-state index in [1.54, 1.807) is 17.0 Å². The summed E-state index contributed by atoms with van der Waals surface area (Å²) in [6.45, 7) is 3.85. The lowest BCUT2D eigenvalue weighted by atomic mass is 9.63. The maximum absolute atomic E-state index is 13.7. The molecule has 2 saturated carbocycles. The van der Waals surface area contributed by atoms with E-state index in [4.69, 9.17) is 0 Å². The van der Waals surface area contributed by atoms with Crippen molar-refractivity contribution in [3.8, 4) is 0 Å². The first kappa shape index (κ1) is 20.8. The van der Waals surface area contributed by atoms with Crippen LogP contribution in [0.4, 0.5) is 5.69 Å². The summed E-state index contributed by atoms with van der Waals surface area (Å²) in [7, 11) is 0. The molecule has 6 atom stereocenters. The summed E-state index contributed by atoms with van der Waals surface area (Å²) in [5.74, 6) is 0.458. The number of rotatable bonds is 4. The lowest BCUT2D eigenvalue weighted by Gasteiger charge is -2.37. The van der Waals surface area contributed by atoms with Crippen LogP contribution < -0.4 is 4.90 Å². The summed E-state index contributed by atoms with van der Waals surface area (Å²) in [4.78, 5) is 43.8. The summed E-state index contributed by atoms with van der Waals surface area (Å²) in [6, 6.07) is 13.0. The third-order valence-corrected chi connectivity index (χ3v) is 8.61. The molecule has 5 aliphatic rings. The molecular formula is C27H25BrN2O3. The lowest BCUT2D eigenvalue weighted by Crippen LogP contribution is -2.45. The number of amides is 3. The van der Waals surface area contributed by atoms with Crippen LogP contribution in [0, 0.1) is 49.4 Å². The average Bonchev–Trinajstić information content (AvgIpc) is 3.58. The predicted molar refractivity (Wildman–Crippen MR) is 128 cm³/mol. The first-order valence-corrected chi connectivity index (χ1v) is 12.3. The maximum atomic E-state index is 13.7. The van der Waals surface area contributed by atoms with E-state index in [9.17, 15) is 14.4 Å². The minimum atomic E-state index is -0.265. The fourth-order valence-electron chi connectivity index (χ4n) is 6.52. The highest BCUT2D eigenvalue weighted by molar-refractivity contribution is 9.10. The Morgan fingerprint density at radius 3 is 2.03 bits per heavy atom. The Bertz CT molecular complexity index is 1160. The molecule has 0 N–H and O–H groups in total. The molecule has 2 aromatic rings. The highest BCUT2D eigenvalue weighted by atomic mass is 79.9. The minimum absolute atomic E-state index is 0.0555. The molecule has 5 nitrogen and oxygen atoms in total. The van der Waals surface area contributed by atoms with Gasteiger partial charge in [0.25, 0.3) is 5.91 Å². The third-order valence-electron chi connectivity index (χ3n) is 8.08. The Morgan fingerprint density at radius 1 is 0.939 bits per heavy atom. The number of anilines is 1. The van der Waals surface area contributed by atoms with Gasteiger partial charge in [-0.15, -0.1) is 0 Å². The SMILES string of the molecule is Cc1cccc(C)c1N(CN1C(=O)C2C3C=CC(C4CC34)C2C1=O)C(=O)c1ccc(Br)cc1. The maximum Gasteiger partial charge on any atom is 0.259 e. The number of hydrogen-bond donors (Lipinski definition) is 0. The highest BCUT2D eigenvalue weighted by Gasteiger charge is 2.67. The normalized spacial score (nSPS) is 30.9. The number of carbonyl (C=O) groups excluding carboxylic acids is 3. The Morgan fingerprint density at radius 2 is 1.48 bits per heavy atom. The first-order valence-electron chi connectivity index (χ1n) is 11.5.